The summed E-state index contributed by atoms with van der Waals surface area (Å²) in [5.74, 6) is -0.188. The van der Waals surface area contributed by atoms with E-state index in [0.717, 1.165) is 23.4 Å². The van der Waals surface area contributed by atoms with Crippen LogP contribution in [0.25, 0.3) is 0 Å². The average molecular weight is 446 g/mol. The standard InChI is InChI=1S/C24H20F2N6O/c1-14-9-10-27-21(11-14)32-23-13-22(28-15(2)29-23)30-17-4-6-18(7-5-17)31-24(33)16-3-8-19(25)20(26)12-16/h3-13H,1-2H3,(H,31,33)(H2,27,28,29,30,32). The molecule has 0 unspecified atom stereocenters. The fourth-order valence-corrected chi connectivity index (χ4v) is 3.06. The molecular formula is C24H20F2N6O. The van der Waals surface area contributed by atoms with E-state index >= 15 is 0 Å². The number of pyridine rings is 1. The lowest BCUT2D eigenvalue weighted by atomic mass is 10.2. The van der Waals surface area contributed by atoms with Crippen molar-refractivity contribution in [3.05, 3.63) is 95.4 Å². The molecule has 2 aromatic carbocycles. The number of nitrogens with zero attached hydrogens (tertiary/aromatic N) is 3. The number of nitrogens with one attached hydrogen (secondary N) is 3. The second kappa shape index (κ2) is 9.39. The third kappa shape index (κ3) is 5.65. The Labute approximate surface area is 188 Å². The molecule has 0 aliphatic rings. The quantitative estimate of drug-likeness (QED) is 0.362. The number of anilines is 5. The third-order valence-electron chi connectivity index (χ3n) is 4.61. The van der Waals surface area contributed by atoms with Crippen LogP contribution < -0.4 is 16.0 Å². The predicted molar refractivity (Wildman–Crippen MR) is 123 cm³/mol. The van der Waals surface area contributed by atoms with E-state index in [9.17, 15) is 13.6 Å². The minimum absolute atomic E-state index is 0.0238. The minimum Gasteiger partial charge on any atom is -0.340 e. The molecule has 2 aromatic heterocycles. The molecule has 0 fully saturated rings. The number of halogens is 2. The molecule has 7 nitrogen and oxygen atoms in total. The normalized spacial score (nSPS) is 10.5. The van der Waals surface area contributed by atoms with Crippen molar-refractivity contribution < 1.29 is 13.6 Å². The Balaban J connectivity index is 1.43. The van der Waals surface area contributed by atoms with Crippen LogP contribution in [-0.2, 0) is 0 Å². The van der Waals surface area contributed by atoms with Gasteiger partial charge in [-0.15, -0.1) is 0 Å². The molecule has 0 radical (unpaired) electrons. The van der Waals surface area contributed by atoms with Crippen molar-refractivity contribution in [1.29, 1.82) is 0 Å². The van der Waals surface area contributed by atoms with Crippen molar-refractivity contribution in [3.8, 4) is 0 Å². The van der Waals surface area contributed by atoms with Gasteiger partial charge in [0.1, 0.15) is 23.3 Å². The lowest BCUT2D eigenvalue weighted by Crippen LogP contribution is -2.12. The molecule has 0 atom stereocenters. The fraction of sp³-hybridized carbons (Fsp3) is 0.0833. The topological polar surface area (TPSA) is 91.8 Å². The number of aromatic nitrogens is 3. The zero-order valence-electron chi connectivity index (χ0n) is 17.9. The van der Waals surface area contributed by atoms with Gasteiger partial charge in [-0.25, -0.2) is 23.7 Å². The number of rotatable bonds is 6. The minimum atomic E-state index is -1.07. The molecule has 166 valence electrons. The number of hydrogen-bond acceptors (Lipinski definition) is 6. The van der Waals surface area contributed by atoms with E-state index in [4.69, 9.17) is 0 Å². The summed E-state index contributed by atoms with van der Waals surface area (Å²) in [6.45, 7) is 3.77. The van der Waals surface area contributed by atoms with Crippen LogP contribution in [0.5, 0.6) is 0 Å². The van der Waals surface area contributed by atoms with E-state index in [2.05, 4.69) is 30.9 Å². The van der Waals surface area contributed by atoms with Crippen LogP contribution in [0.4, 0.5) is 37.6 Å². The zero-order valence-corrected chi connectivity index (χ0v) is 17.9. The second-order valence-corrected chi connectivity index (χ2v) is 7.31. The number of carbonyl (C=O) groups excluding carboxylic acids is 1. The molecule has 0 bridgehead atoms. The van der Waals surface area contributed by atoms with Crippen molar-refractivity contribution in [2.24, 2.45) is 0 Å². The Morgan fingerprint density at radius 2 is 1.45 bits per heavy atom. The summed E-state index contributed by atoms with van der Waals surface area (Å²) in [7, 11) is 0. The van der Waals surface area contributed by atoms with E-state index in [1.165, 1.54) is 6.07 Å². The lowest BCUT2D eigenvalue weighted by Gasteiger charge is -2.11. The zero-order chi connectivity index (χ0) is 23.4. The maximum absolute atomic E-state index is 13.4. The first-order valence-corrected chi connectivity index (χ1v) is 10.0. The van der Waals surface area contributed by atoms with Gasteiger partial charge in [0.05, 0.1) is 0 Å². The second-order valence-electron chi connectivity index (χ2n) is 7.31. The van der Waals surface area contributed by atoms with Crippen molar-refractivity contribution in [3.63, 3.8) is 0 Å². The summed E-state index contributed by atoms with van der Waals surface area (Å²) in [5, 5.41) is 9.01. The number of benzene rings is 2. The molecule has 0 aliphatic heterocycles. The monoisotopic (exact) mass is 446 g/mol. The van der Waals surface area contributed by atoms with Crippen LogP contribution in [0, 0.1) is 25.5 Å². The van der Waals surface area contributed by atoms with Crippen LogP contribution >= 0.6 is 0 Å². The first-order valence-electron chi connectivity index (χ1n) is 10.0. The molecule has 2 heterocycles. The van der Waals surface area contributed by atoms with E-state index < -0.39 is 17.5 Å². The van der Waals surface area contributed by atoms with Gasteiger partial charge < -0.3 is 16.0 Å². The van der Waals surface area contributed by atoms with Crippen LogP contribution in [0.15, 0.2) is 66.9 Å². The molecule has 4 aromatic rings. The van der Waals surface area contributed by atoms with Gasteiger partial charge in [0.15, 0.2) is 11.6 Å². The molecule has 0 saturated heterocycles. The highest BCUT2D eigenvalue weighted by Crippen LogP contribution is 2.22. The van der Waals surface area contributed by atoms with Gasteiger partial charge in [0, 0.05) is 29.2 Å². The summed E-state index contributed by atoms with van der Waals surface area (Å²) in [6.07, 6.45) is 1.72. The largest absolute Gasteiger partial charge is 0.340 e. The highest BCUT2D eigenvalue weighted by atomic mass is 19.2. The molecule has 4 rings (SSSR count). The molecule has 3 N–H and O–H groups in total. The molecule has 33 heavy (non-hydrogen) atoms. The van der Waals surface area contributed by atoms with Crippen LogP contribution in [-0.4, -0.2) is 20.9 Å². The highest BCUT2D eigenvalue weighted by Gasteiger charge is 2.10. The van der Waals surface area contributed by atoms with E-state index in [-0.39, 0.29) is 5.56 Å². The Morgan fingerprint density at radius 1 is 0.758 bits per heavy atom. The van der Waals surface area contributed by atoms with E-state index in [1.54, 1.807) is 43.5 Å². The van der Waals surface area contributed by atoms with Gasteiger partial charge in [-0.2, -0.15) is 0 Å². The Bertz CT molecular complexity index is 1310. The number of hydrogen-bond donors (Lipinski definition) is 3. The summed E-state index contributed by atoms with van der Waals surface area (Å²) in [5.41, 5.74) is 2.34. The van der Waals surface area contributed by atoms with Gasteiger partial charge in [-0.3, -0.25) is 4.79 Å². The van der Waals surface area contributed by atoms with Gasteiger partial charge in [0.25, 0.3) is 5.91 Å². The molecule has 0 aliphatic carbocycles. The maximum atomic E-state index is 13.4. The van der Waals surface area contributed by atoms with Crippen molar-refractivity contribution in [1.82, 2.24) is 15.0 Å². The van der Waals surface area contributed by atoms with E-state index in [0.29, 0.717) is 29.0 Å². The number of amides is 1. The van der Waals surface area contributed by atoms with Crippen LogP contribution in [0.3, 0.4) is 0 Å². The number of carbonyl (C=O) groups is 1. The van der Waals surface area contributed by atoms with Crippen LogP contribution in [0.2, 0.25) is 0 Å². The van der Waals surface area contributed by atoms with Crippen molar-refractivity contribution >= 4 is 34.7 Å². The summed E-state index contributed by atoms with van der Waals surface area (Å²) < 4.78 is 26.4. The predicted octanol–water partition coefficient (Wildman–Crippen LogP) is 5.51. The fourth-order valence-electron chi connectivity index (χ4n) is 3.06. The average Bonchev–Trinajstić information content (AvgIpc) is 2.76. The third-order valence-corrected chi connectivity index (χ3v) is 4.61. The lowest BCUT2D eigenvalue weighted by molar-refractivity contribution is 0.102. The van der Waals surface area contributed by atoms with Crippen molar-refractivity contribution in [2.75, 3.05) is 16.0 Å². The Kier molecular flexibility index (Phi) is 6.21. The maximum Gasteiger partial charge on any atom is 0.255 e. The van der Waals surface area contributed by atoms with Crippen LogP contribution in [0.1, 0.15) is 21.7 Å². The molecule has 0 saturated carbocycles. The van der Waals surface area contributed by atoms with Gasteiger partial charge >= 0.3 is 0 Å². The molecule has 9 heteroatoms. The molecule has 1 amide bonds. The van der Waals surface area contributed by atoms with Crippen molar-refractivity contribution in [2.45, 2.75) is 13.8 Å². The Hall–Kier alpha value is -4.40. The summed E-state index contributed by atoms with van der Waals surface area (Å²) in [4.78, 5) is 25.3. The Morgan fingerprint density at radius 3 is 2.15 bits per heavy atom. The summed E-state index contributed by atoms with van der Waals surface area (Å²) in [6, 6.07) is 15.5. The van der Waals surface area contributed by atoms with E-state index in [1.807, 2.05) is 19.1 Å². The van der Waals surface area contributed by atoms with Gasteiger partial charge in [0.2, 0.25) is 0 Å². The SMILES string of the molecule is Cc1ccnc(Nc2cc(Nc3ccc(NC(=O)c4ccc(F)c(F)c4)cc3)nc(C)n2)c1. The smallest absolute Gasteiger partial charge is 0.255 e. The highest BCUT2D eigenvalue weighted by molar-refractivity contribution is 6.04. The first kappa shape index (κ1) is 21.8. The number of aryl methyl sites for hydroxylation is 2. The molecule has 0 spiro atoms. The van der Waals surface area contributed by atoms with Gasteiger partial charge in [-0.05, 0) is 74.0 Å². The first-order chi connectivity index (χ1) is 15.9. The summed E-state index contributed by atoms with van der Waals surface area (Å²) >= 11 is 0. The molecular weight excluding hydrogens is 426 g/mol. The van der Waals surface area contributed by atoms with Gasteiger partial charge in [-0.1, -0.05) is 0 Å².